The molecule has 0 aromatic heterocycles. The molecule has 0 aliphatic heterocycles. The second kappa shape index (κ2) is 10.9. The van der Waals surface area contributed by atoms with Gasteiger partial charge >= 0.3 is 0 Å². The predicted molar refractivity (Wildman–Crippen MR) is 120 cm³/mol. The minimum atomic E-state index is 0.790. The average molecular weight is 369 g/mol. The van der Waals surface area contributed by atoms with Crippen molar-refractivity contribution in [2.45, 2.75) is 6.92 Å². The first kappa shape index (κ1) is 19.4. The summed E-state index contributed by atoms with van der Waals surface area (Å²) < 4.78 is 0. The van der Waals surface area contributed by atoms with Gasteiger partial charge < -0.3 is 5.73 Å². The first-order chi connectivity index (χ1) is 12.2. The SMILES string of the molecule is C=CC(/C=C/c1ccc2cc(N)ccc2c1)=C\C=N\CCSSCC. The Labute approximate surface area is 158 Å². The molecule has 130 valence electrons. The molecular weight excluding hydrogens is 344 g/mol. The minimum absolute atomic E-state index is 0.790. The molecule has 0 aliphatic rings. The number of nitrogens with two attached hydrogens (primary N) is 1. The summed E-state index contributed by atoms with van der Waals surface area (Å²) in [6, 6.07) is 12.3. The molecule has 2 rings (SSSR count). The number of anilines is 1. The standard InChI is InChI=1S/C21H24N2S2/c1-3-17(11-12-23-13-14-25-24-4-2)5-6-18-7-8-20-16-21(22)10-9-19(20)15-18/h3,5-12,15-16H,1,4,13-14,22H2,2H3/b6-5+,17-11+,23-12+. The van der Waals surface area contributed by atoms with E-state index in [1.165, 1.54) is 5.39 Å². The van der Waals surface area contributed by atoms with E-state index < -0.39 is 0 Å². The molecule has 25 heavy (non-hydrogen) atoms. The molecule has 2 nitrogen and oxygen atoms in total. The smallest absolute Gasteiger partial charge is 0.0488 e. The summed E-state index contributed by atoms with van der Waals surface area (Å²) in [6.07, 6.45) is 9.83. The number of hydrogen-bond acceptors (Lipinski definition) is 4. The fourth-order valence-electron chi connectivity index (χ4n) is 2.22. The van der Waals surface area contributed by atoms with Crippen molar-refractivity contribution in [3.63, 3.8) is 0 Å². The van der Waals surface area contributed by atoms with Crippen molar-refractivity contribution in [3.05, 3.63) is 72.3 Å². The summed E-state index contributed by atoms with van der Waals surface area (Å²) in [5, 5.41) is 2.34. The van der Waals surface area contributed by atoms with Crippen molar-refractivity contribution in [1.29, 1.82) is 0 Å². The zero-order chi connectivity index (χ0) is 17.9. The van der Waals surface area contributed by atoms with Crippen LogP contribution in [0, 0.1) is 0 Å². The number of allylic oxidation sites excluding steroid dienone is 4. The van der Waals surface area contributed by atoms with Crippen molar-refractivity contribution < 1.29 is 0 Å². The van der Waals surface area contributed by atoms with Crippen molar-refractivity contribution in [2.75, 3.05) is 23.8 Å². The second-order valence-electron chi connectivity index (χ2n) is 5.35. The van der Waals surface area contributed by atoms with Gasteiger partial charge in [0.25, 0.3) is 0 Å². The highest BCUT2D eigenvalue weighted by Crippen LogP contribution is 2.20. The van der Waals surface area contributed by atoms with Crippen LogP contribution in [0.2, 0.25) is 0 Å². The molecule has 0 amide bonds. The van der Waals surface area contributed by atoms with Gasteiger partial charge in [-0.3, -0.25) is 4.99 Å². The Morgan fingerprint density at radius 2 is 1.96 bits per heavy atom. The molecule has 4 heteroatoms. The number of rotatable bonds is 9. The summed E-state index contributed by atoms with van der Waals surface area (Å²) in [7, 11) is 3.74. The highest BCUT2D eigenvalue weighted by molar-refractivity contribution is 8.76. The van der Waals surface area contributed by atoms with Gasteiger partial charge in [-0.05, 0) is 46.2 Å². The number of hydrogen-bond donors (Lipinski definition) is 1. The fraction of sp³-hybridized carbons (Fsp3) is 0.190. The lowest BCUT2D eigenvalue weighted by Gasteiger charge is -2.01. The maximum Gasteiger partial charge on any atom is 0.0488 e. The van der Waals surface area contributed by atoms with Crippen molar-refractivity contribution in [1.82, 2.24) is 0 Å². The molecule has 0 atom stereocenters. The van der Waals surface area contributed by atoms with Crippen LogP contribution in [0.4, 0.5) is 5.69 Å². The summed E-state index contributed by atoms with van der Waals surface area (Å²) >= 11 is 0. The summed E-state index contributed by atoms with van der Waals surface area (Å²) in [4.78, 5) is 4.41. The van der Waals surface area contributed by atoms with E-state index in [1.54, 1.807) is 0 Å². The fourth-order valence-corrected chi connectivity index (χ4v) is 3.76. The molecule has 0 fully saturated rings. The normalized spacial score (nSPS) is 12.4. The minimum Gasteiger partial charge on any atom is -0.399 e. The Bertz CT molecular complexity index is 792. The third-order valence-corrected chi connectivity index (χ3v) is 5.93. The van der Waals surface area contributed by atoms with Crippen LogP contribution in [0.1, 0.15) is 12.5 Å². The summed E-state index contributed by atoms with van der Waals surface area (Å²) in [5.74, 6) is 2.19. The van der Waals surface area contributed by atoms with Crippen LogP contribution < -0.4 is 5.73 Å². The highest BCUT2D eigenvalue weighted by atomic mass is 33.1. The number of fused-ring (bicyclic) bond motifs is 1. The Hall–Kier alpha value is -1.91. The van der Waals surface area contributed by atoms with Crippen LogP contribution in [-0.2, 0) is 0 Å². The Kier molecular flexibility index (Phi) is 8.43. The van der Waals surface area contributed by atoms with Gasteiger partial charge in [-0.2, -0.15) is 0 Å². The van der Waals surface area contributed by atoms with Gasteiger partial charge in [0.15, 0.2) is 0 Å². The van der Waals surface area contributed by atoms with Gasteiger partial charge in [0, 0.05) is 30.0 Å². The zero-order valence-electron chi connectivity index (χ0n) is 14.5. The van der Waals surface area contributed by atoms with Gasteiger partial charge in [0.05, 0.1) is 0 Å². The molecule has 2 aromatic rings. The highest BCUT2D eigenvalue weighted by Gasteiger charge is 1.95. The molecule has 2 N–H and O–H groups in total. The molecule has 0 bridgehead atoms. The molecule has 0 radical (unpaired) electrons. The third-order valence-electron chi connectivity index (χ3n) is 3.47. The van der Waals surface area contributed by atoms with Crippen molar-refractivity contribution >= 4 is 50.3 Å². The van der Waals surface area contributed by atoms with Gasteiger partial charge in [0.1, 0.15) is 0 Å². The first-order valence-electron chi connectivity index (χ1n) is 8.27. The average Bonchev–Trinajstić information content (AvgIpc) is 2.63. The molecular formula is C21H24N2S2. The number of nitrogens with zero attached hydrogens (tertiary/aromatic N) is 1. The van der Waals surface area contributed by atoms with E-state index in [-0.39, 0.29) is 0 Å². The lowest BCUT2D eigenvalue weighted by molar-refractivity contribution is 1.16. The Balaban J connectivity index is 1.98. The molecule has 0 unspecified atom stereocenters. The summed E-state index contributed by atoms with van der Waals surface area (Å²) in [5.41, 5.74) is 8.80. The van der Waals surface area contributed by atoms with Gasteiger partial charge in [-0.15, -0.1) is 0 Å². The van der Waals surface area contributed by atoms with E-state index in [2.05, 4.69) is 48.8 Å². The largest absolute Gasteiger partial charge is 0.399 e. The molecule has 0 saturated heterocycles. The van der Waals surface area contributed by atoms with E-state index in [9.17, 15) is 0 Å². The Morgan fingerprint density at radius 1 is 1.16 bits per heavy atom. The van der Waals surface area contributed by atoms with Crippen LogP contribution in [-0.4, -0.2) is 24.3 Å². The maximum atomic E-state index is 5.82. The van der Waals surface area contributed by atoms with Gasteiger partial charge in [-0.25, -0.2) is 0 Å². The van der Waals surface area contributed by atoms with Crippen LogP contribution in [0.3, 0.4) is 0 Å². The van der Waals surface area contributed by atoms with E-state index in [4.69, 9.17) is 5.73 Å². The quantitative estimate of drug-likeness (QED) is 0.193. The molecule has 0 spiro atoms. The second-order valence-corrected chi connectivity index (χ2v) is 8.23. The monoisotopic (exact) mass is 368 g/mol. The topological polar surface area (TPSA) is 38.4 Å². The van der Waals surface area contributed by atoms with Crippen LogP contribution in [0.25, 0.3) is 16.8 Å². The molecule has 0 aliphatic carbocycles. The first-order valence-corrected chi connectivity index (χ1v) is 10.8. The van der Waals surface area contributed by atoms with Crippen LogP contribution >= 0.6 is 21.6 Å². The third kappa shape index (κ3) is 6.85. The predicted octanol–water partition coefficient (Wildman–Crippen LogP) is 6.02. The van der Waals surface area contributed by atoms with E-state index in [1.807, 2.05) is 58.2 Å². The van der Waals surface area contributed by atoms with E-state index in [0.29, 0.717) is 0 Å². The number of nitrogen functional groups attached to an aromatic ring is 1. The van der Waals surface area contributed by atoms with E-state index in [0.717, 1.165) is 40.3 Å². The lowest BCUT2D eigenvalue weighted by Crippen LogP contribution is -1.84. The molecule has 0 heterocycles. The van der Waals surface area contributed by atoms with Crippen molar-refractivity contribution in [2.24, 2.45) is 4.99 Å². The molecule has 2 aromatic carbocycles. The maximum absolute atomic E-state index is 5.82. The van der Waals surface area contributed by atoms with Crippen LogP contribution in [0.5, 0.6) is 0 Å². The summed E-state index contributed by atoms with van der Waals surface area (Å²) in [6.45, 7) is 6.88. The van der Waals surface area contributed by atoms with Gasteiger partial charge in [-0.1, -0.05) is 71.5 Å². The number of benzene rings is 2. The molecule has 0 saturated carbocycles. The zero-order valence-corrected chi connectivity index (χ0v) is 16.2. The van der Waals surface area contributed by atoms with Crippen LogP contribution in [0.15, 0.2) is 71.8 Å². The lowest BCUT2D eigenvalue weighted by atomic mass is 10.1. The Morgan fingerprint density at radius 3 is 2.76 bits per heavy atom. The van der Waals surface area contributed by atoms with E-state index >= 15 is 0 Å². The number of aliphatic imine (C=N–C) groups is 1. The van der Waals surface area contributed by atoms with Crippen molar-refractivity contribution in [3.8, 4) is 0 Å². The van der Waals surface area contributed by atoms with Gasteiger partial charge in [0.2, 0.25) is 0 Å².